The van der Waals surface area contributed by atoms with E-state index in [1.54, 1.807) is 35.6 Å². The van der Waals surface area contributed by atoms with Crippen LogP contribution in [0.15, 0.2) is 29.2 Å². The molecule has 2 rings (SSSR count). The average molecular weight is 390 g/mol. The topological polar surface area (TPSA) is 78.5 Å². The van der Waals surface area contributed by atoms with Gasteiger partial charge < -0.3 is 10.6 Å². The second kappa shape index (κ2) is 10.1. The Balaban J connectivity index is 0.00000312. The van der Waals surface area contributed by atoms with Crippen molar-refractivity contribution in [3.8, 4) is 0 Å². The number of rotatable bonds is 7. The van der Waals surface area contributed by atoms with Gasteiger partial charge in [-0.2, -0.15) is 4.31 Å². The third-order valence-corrected chi connectivity index (χ3v) is 6.32. The molecule has 1 unspecified atom stereocenters. The van der Waals surface area contributed by atoms with Gasteiger partial charge in [0.25, 0.3) is 0 Å². The number of hydrogen-bond acceptors (Lipinski definition) is 4. The lowest BCUT2D eigenvalue weighted by Crippen LogP contribution is -2.37. The molecule has 142 valence electrons. The molecular formula is C17H28ClN3O3S. The van der Waals surface area contributed by atoms with E-state index in [4.69, 9.17) is 0 Å². The van der Waals surface area contributed by atoms with Crippen molar-refractivity contribution in [2.45, 2.75) is 37.6 Å². The molecule has 1 saturated heterocycles. The number of amides is 1. The molecule has 6 nitrogen and oxygen atoms in total. The molecule has 1 fully saturated rings. The van der Waals surface area contributed by atoms with E-state index in [1.807, 2.05) is 6.92 Å². The van der Waals surface area contributed by atoms with Gasteiger partial charge >= 0.3 is 0 Å². The Morgan fingerprint density at radius 1 is 1.20 bits per heavy atom. The number of carbonyl (C=O) groups is 1. The summed E-state index contributed by atoms with van der Waals surface area (Å²) in [4.78, 5) is 12.4. The van der Waals surface area contributed by atoms with Crippen molar-refractivity contribution in [3.05, 3.63) is 29.8 Å². The van der Waals surface area contributed by atoms with Gasteiger partial charge in [0.05, 0.1) is 4.90 Å². The number of halogens is 1. The Labute approximate surface area is 156 Å². The standard InChI is InChI=1S/C17H27N3O3S.ClH/c1-14(12-18-2)17(21)19-13-15-8-4-5-9-16(15)24(22,23)20-10-6-3-7-11-20;/h4-5,8-9,14,18H,3,6-7,10-13H2,1-2H3,(H,19,21);1H. The minimum absolute atomic E-state index is 0. The Hall–Kier alpha value is -1.15. The first-order chi connectivity index (χ1) is 11.5. The van der Waals surface area contributed by atoms with Crippen molar-refractivity contribution < 1.29 is 13.2 Å². The molecule has 1 amide bonds. The second-order valence-corrected chi connectivity index (χ2v) is 8.16. The van der Waals surface area contributed by atoms with E-state index in [1.165, 1.54) is 0 Å². The van der Waals surface area contributed by atoms with Crippen LogP contribution in [0.1, 0.15) is 31.7 Å². The fourth-order valence-electron chi connectivity index (χ4n) is 2.90. The van der Waals surface area contributed by atoms with Crippen LogP contribution in [-0.4, -0.2) is 45.3 Å². The van der Waals surface area contributed by atoms with Crippen LogP contribution in [0.4, 0.5) is 0 Å². The van der Waals surface area contributed by atoms with E-state index in [9.17, 15) is 13.2 Å². The molecule has 0 saturated carbocycles. The Morgan fingerprint density at radius 3 is 2.48 bits per heavy atom. The summed E-state index contributed by atoms with van der Waals surface area (Å²) in [7, 11) is -1.71. The molecule has 0 aromatic heterocycles. The van der Waals surface area contributed by atoms with E-state index in [-0.39, 0.29) is 30.8 Å². The molecule has 2 N–H and O–H groups in total. The molecule has 1 heterocycles. The summed E-state index contributed by atoms with van der Waals surface area (Å²) >= 11 is 0. The van der Waals surface area contributed by atoms with Gasteiger partial charge in [0.1, 0.15) is 0 Å². The van der Waals surface area contributed by atoms with Crippen molar-refractivity contribution in [3.63, 3.8) is 0 Å². The van der Waals surface area contributed by atoms with Gasteiger partial charge in [-0.25, -0.2) is 8.42 Å². The van der Waals surface area contributed by atoms with Crippen LogP contribution in [0.5, 0.6) is 0 Å². The number of carbonyl (C=O) groups excluding carboxylic acids is 1. The van der Waals surface area contributed by atoms with E-state index in [0.717, 1.165) is 19.3 Å². The molecule has 1 aliphatic rings. The monoisotopic (exact) mass is 389 g/mol. The van der Waals surface area contributed by atoms with Crippen LogP contribution in [0.3, 0.4) is 0 Å². The maximum Gasteiger partial charge on any atom is 0.243 e. The molecule has 1 aliphatic heterocycles. The van der Waals surface area contributed by atoms with Gasteiger partial charge in [0, 0.05) is 32.1 Å². The number of nitrogens with one attached hydrogen (secondary N) is 2. The lowest BCUT2D eigenvalue weighted by Gasteiger charge is -2.27. The highest BCUT2D eigenvalue weighted by Crippen LogP contribution is 2.23. The minimum Gasteiger partial charge on any atom is -0.352 e. The zero-order valence-electron chi connectivity index (χ0n) is 14.8. The molecule has 1 aromatic rings. The maximum atomic E-state index is 12.9. The highest BCUT2D eigenvalue weighted by molar-refractivity contribution is 7.89. The van der Waals surface area contributed by atoms with Crippen molar-refractivity contribution in [1.82, 2.24) is 14.9 Å². The maximum absolute atomic E-state index is 12.9. The summed E-state index contributed by atoms with van der Waals surface area (Å²) in [5.41, 5.74) is 0.632. The fraction of sp³-hybridized carbons (Fsp3) is 0.588. The predicted octanol–water partition coefficient (Wildman–Crippen LogP) is 1.75. The van der Waals surface area contributed by atoms with Crippen LogP contribution in [0.2, 0.25) is 0 Å². The Morgan fingerprint density at radius 2 is 1.84 bits per heavy atom. The first kappa shape index (κ1) is 21.9. The highest BCUT2D eigenvalue weighted by Gasteiger charge is 2.28. The predicted molar refractivity (Wildman–Crippen MR) is 101 cm³/mol. The Bertz CT molecular complexity index is 661. The largest absolute Gasteiger partial charge is 0.352 e. The zero-order chi connectivity index (χ0) is 17.6. The molecule has 0 aliphatic carbocycles. The van der Waals surface area contributed by atoms with Gasteiger partial charge in [0.15, 0.2) is 0 Å². The number of nitrogens with zero attached hydrogens (tertiary/aromatic N) is 1. The second-order valence-electron chi connectivity index (χ2n) is 6.25. The minimum atomic E-state index is -3.50. The molecule has 0 bridgehead atoms. The van der Waals surface area contributed by atoms with E-state index in [2.05, 4.69) is 10.6 Å². The van der Waals surface area contributed by atoms with Gasteiger partial charge in [-0.15, -0.1) is 12.4 Å². The van der Waals surface area contributed by atoms with E-state index in [0.29, 0.717) is 30.1 Å². The van der Waals surface area contributed by atoms with Crippen molar-refractivity contribution in [2.24, 2.45) is 5.92 Å². The van der Waals surface area contributed by atoms with Crippen LogP contribution in [0.25, 0.3) is 0 Å². The molecule has 8 heteroatoms. The van der Waals surface area contributed by atoms with E-state index < -0.39 is 10.0 Å². The fourth-order valence-corrected chi connectivity index (χ4v) is 4.64. The quantitative estimate of drug-likeness (QED) is 0.744. The van der Waals surface area contributed by atoms with Crippen LogP contribution in [-0.2, 0) is 21.4 Å². The summed E-state index contributed by atoms with van der Waals surface area (Å²) < 4.78 is 27.3. The van der Waals surface area contributed by atoms with Crippen molar-refractivity contribution in [2.75, 3.05) is 26.7 Å². The van der Waals surface area contributed by atoms with Gasteiger partial charge in [-0.3, -0.25) is 4.79 Å². The molecule has 0 spiro atoms. The van der Waals surface area contributed by atoms with Crippen LogP contribution < -0.4 is 10.6 Å². The lowest BCUT2D eigenvalue weighted by atomic mass is 10.1. The first-order valence-electron chi connectivity index (χ1n) is 8.47. The number of sulfonamides is 1. The van der Waals surface area contributed by atoms with Gasteiger partial charge in [-0.05, 0) is 31.5 Å². The highest BCUT2D eigenvalue weighted by atomic mass is 35.5. The normalized spacial score (nSPS) is 16.7. The molecular weight excluding hydrogens is 362 g/mol. The van der Waals surface area contributed by atoms with Crippen molar-refractivity contribution in [1.29, 1.82) is 0 Å². The SMILES string of the molecule is CNCC(C)C(=O)NCc1ccccc1S(=O)(=O)N1CCCCC1.Cl. The average Bonchev–Trinajstić information content (AvgIpc) is 2.60. The molecule has 0 radical (unpaired) electrons. The summed E-state index contributed by atoms with van der Waals surface area (Å²) in [6, 6.07) is 6.92. The summed E-state index contributed by atoms with van der Waals surface area (Å²) in [5.74, 6) is -0.254. The smallest absolute Gasteiger partial charge is 0.243 e. The van der Waals surface area contributed by atoms with Crippen LogP contribution >= 0.6 is 12.4 Å². The summed E-state index contributed by atoms with van der Waals surface area (Å²) in [6.45, 7) is 3.78. The third kappa shape index (κ3) is 5.67. The zero-order valence-corrected chi connectivity index (χ0v) is 16.5. The first-order valence-corrected chi connectivity index (χ1v) is 9.91. The Kier molecular flexibility index (Phi) is 8.85. The molecule has 1 aromatic carbocycles. The third-order valence-electron chi connectivity index (χ3n) is 4.32. The van der Waals surface area contributed by atoms with Crippen LogP contribution in [0, 0.1) is 5.92 Å². The lowest BCUT2D eigenvalue weighted by molar-refractivity contribution is -0.124. The van der Waals surface area contributed by atoms with E-state index >= 15 is 0 Å². The molecule has 25 heavy (non-hydrogen) atoms. The number of hydrogen-bond donors (Lipinski definition) is 2. The van der Waals surface area contributed by atoms with Crippen molar-refractivity contribution >= 4 is 28.3 Å². The van der Waals surface area contributed by atoms with Gasteiger partial charge in [-0.1, -0.05) is 31.5 Å². The summed E-state index contributed by atoms with van der Waals surface area (Å²) in [5, 5.41) is 5.80. The van der Waals surface area contributed by atoms with Gasteiger partial charge in [0.2, 0.25) is 15.9 Å². The number of benzene rings is 1. The molecule has 1 atom stereocenters. The summed E-state index contributed by atoms with van der Waals surface area (Å²) in [6.07, 6.45) is 2.88. The number of piperidine rings is 1.